The second-order valence-corrected chi connectivity index (χ2v) is 8.72. The molecule has 0 spiro atoms. The molecule has 3 saturated carbocycles. The highest BCUT2D eigenvalue weighted by atomic mass is 32.2. The lowest BCUT2D eigenvalue weighted by molar-refractivity contribution is 0.0315. The summed E-state index contributed by atoms with van der Waals surface area (Å²) >= 11 is 0. The summed E-state index contributed by atoms with van der Waals surface area (Å²) in [6.45, 7) is 1.95. The van der Waals surface area contributed by atoms with E-state index in [1.54, 1.807) is 12.1 Å². The van der Waals surface area contributed by atoms with Crippen molar-refractivity contribution in [3.63, 3.8) is 0 Å². The molecule has 5 atom stereocenters. The van der Waals surface area contributed by atoms with Crippen LogP contribution in [0.3, 0.4) is 0 Å². The zero-order valence-corrected chi connectivity index (χ0v) is 13.2. The van der Waals surface area contributed by atoms with Crippen LogP contribution < -0.4 is 0 Å². The van der Waals surface area contributed by atoms with Gasteiger partial charge in [-0.2, -0.15) is 8.42 Å². The maximum atomic E-state index is 12.5. The Morgan fingerprint density at radius 2 is 1.52 bits per heavy atom. The summed E-state index contributed by atoms with van der Waals surface area (Å²) in [5, 5.41) is 0. The van der Waals surface area contributed by atoms with Crippen LogP contribution >= 0.6 is 0 Å². The lowest BCUT2D eigenvalue weighted by Crippen LogP contribution is -2.38. The Bertz CT molecular complexity index is 627. The molecule has 4 heteroatoms. The van der Waals surface area contributed by atoms with Crippen LogP contribution in [-0.2, 0) is 14.3 Å². The van der Waals surface area contributed by atoms with Gasteiger partial charge in [-0.15, -0.1) is 0 Å². The molecule has 1 aromatic carbocycles. The van der Waals surface area contributed by atoms with Gasteiger partial charge in [0, 0.05) is 0 Å². The second-order valence-electron chi connectivity index (χ2n) is 7.15. The van der Waals surface area contributed by atoms with E-state index in [1.165, 1.54) is 25.7 Å². The van der Waals surface area contributed by atoms with Crippen LogP contribution in [0.4, 0.5) is 0 Å². The second kappa shape index (κ2) is 4.82. The average Bonchev–Trinajstić information content (AvgIpc) is 2.75. The summed E-state index contributed by atoms with van der Waals surface area (Å²) in [6.07, 6.45) is 5.86. The third-order valence-corrected chi connectivity index (χ3v) is 7.19. The van der Waals surface area contributed by atoms with E-state index in [4.69, 9.17) is 4.18 Å². The average molecular weight is 306 g/mol. The molecule has 1 aromatic rings. The highest BCUT2D eigenvalue weighted by molar-refractivity contribution is 7.86. The molecule has 3 bridgehead atoms. The molecule has 5 unspecified atom stereocenters. The molecule has 3 aliphatic carbocycles. The van der Waals surface area contributed by atoms with Crippen LogP contribution in [0.15, 0.2) is 29.2 Å². The third kappa shape index (κ3) is 2.33. The minimum absolute atomic E-state index is 0.0833. The van der Waals surface area contributed by atoms with Crippen LogP contribution in [0.1, 0.15) is 37.7 Å². The Morgan fingerprint density at radius 3 is 2.29 bits per heavy atom. The van der Waals surface area contributed by atoms with Crippen LogP contribution in [0.25, 0.3) is 0 Å². The van der Waals surface area contributed by atoms with Gasteiger partial charge in [0.1, 0.15) is 0 Å². The zero-order chi connectivity index (χ0) is 14.6. The first kappa shape index (κ1) is 13.8. The molecule has 0 saturated heterocycles. The lowest BCUT2D eigenvalue weighted by atomic mass is 9.71. The van der Waals surface area contributed by atoms with Crippen molar-refractivity contribution in [2.24, 2.45) is 23.7 Å². The lowest BCUT2D eigenvalue weighted by Gasteiger charge is -2.39. The van der Waals surface area contributed by atoms with E-state index in [0.717, 1.165) is 23.8 Å². The highest BCUT2D eigenvalue weighted by Crippen LogP contribution is 2.56. The van der Waals surface area contributed by atoms with E-state index in [9.17, 15) is 8.42 Å². The molecule has 3 aliphatic rings. The molecule has 4 rings (SSSR count). The monoisotopic (exact) mass is 306 g/mol. The van der Waals surface area contributed by atoms with E-state index in [-0.39, 0.29) is 6.10 Å². The molecule has 0 aromatic heterocycles. The van der Waals surface area contributed by atoms with Crippen molar-refractivity contribution in [2.45, 2.75) is 50.0 Å². The number of fused-ring (bicyclic) bond motifs is 2. The van der Waals surface area contributed by atoms with Crippen molar-refractivity contribution in [3.05, 3.63) is 29.8 Å². The Kier molecular flexibility index (Phi) is 3.16. The van der Waals surface area contributed by atoms with Crippen molar-refractivity contribution in [3.8, 4) is 0 Å². The van der Waals surface area contributed by atoms with Gasteiger partial charge in [-0.1, -0.05) is 17.7 Å². The Hall–Kier alpha value is -0.870. The first-order valence-electron chi connectivity index (χ1n) is 8.03. The number of rotatable bonds is 3. The van der Waals surface area contributed by atoms with Crippen molar-refractivity contribution in [2.75, 3.05) is 0 Å². The number of benzene rings is 1. The smallest absolute Gasteiger partial charge is 0.262 e. The maximum absolute atomic E-state index is 12.5. The van der Waals surface area contributed by atoms with Gasteiger partial charge in [0.05, 0.1) is 11.0 Å². The normalized spacial score (nSPS) is 37.9. The summed E-state index contributed by atoms with van der Waals surface area (Å²) in [4.78, 5) is 0.294. The summed E-state index contributed by atoms with van der Waals surface area (Å²) in [7, 11) is -3.63. The predicted molar refractivity (Wildman–Crippen MR) is 80.3 cm³/mol. The Morgan fingerprint density at radius 1 is 0.905 bits per heavy atom. The van der Waals surface area contributed by atoms with Crippen LogP contribution in [0.5, 0.6) is 0 Å². The van der Waals surface area contributed by atoms with Gasteiger partial charge in [0.2, 0.25) is 0 Å². The van der Waals surface area contributed by atoms with Crippen molar-refractivity contribution in [1.82, 2.24) is 0 Å². The molecule has 0 amide bonds. The van der Waals surface area contributed by atoms with Gasteiger partial charge in [-0.05, 0) is 74.8 Å². The molecule has 21 heavy (non-hydrogen) atoms. The van der Waals surface area contributed by atoms with E-state index < -0.39 is 10.1 Å². The Labute approximate surface area is 126 Å². The first-order valence-corrected chi connectivity index (χ1v) is 9.44. The summed E-state index contributed by atoms with van der Waals surface area (Å²) < 4.78 is 30.8. The zero-order valence-electron chi connectivity index (χ0n) is 12.4. The molecule has 3 nitrogen and oxygen atoms in total. The molecule has 3 fully saturated rings. The maximum Gasteiger partial charge on any atom is 0.297 e. The highest BCUT2D eigenvalue weighted by Gasteiger charge is 2.51. The number of aryl methyl sites for hydroxylation is 1. The fourth-order valence-corrected chi connectivity index (χ4v) is 6.04. The van der Waals surface area contributed by atoms with E-state index in [2.05, 4.69) is 0 Å². The standard InChI is InChI=1S/C17H22O3S/c1-11-2-6-16(7-3-11)21(18,19)20-17-13-5-4-12-8-15(17)10-14(12)9-13/h2-3,6-7,12-15,17H,4-5,8-10H2,1H3. The molecular formula is C17H22O3S. The largest absolute Gasteiger partial charge is 0.297 e. The topological polar surface area (TPSA) is 43.4 Å². The SMILES string of the molecule is Cc1ccc(S(=O)(=O)OC2C3CCC4CC2CC4C3)cc1. The molecule has 0 N–H and O–H groups in total. The molecular weight excluding hydrogens is 284 g/mol. The van der Waals surface area contributed by atoms with Gasteiger partial charge in [0.15, 0.2) is 0 Å². The molecule has 0 radical (unpaired) electrons. The fourth-order valence-electron chi connectivity index (χ4n) is 4.85. The van der Waals surface area contributed by atoms with Gasteiger partial charge >= 0.3 is 0 Å². The van der Waals surface area contributed by atoms with Crippen molar-refractivity contribution < 1.29 is 12.6 Å². The van der Waals surface area contributed by atoms with Gasteiger partial charge < -0.3 is 0 Å². The molecule has 0 aliphatic heterocycles. The van der Waals surface area contributed by atoms with Gasteiger partial charge in [0.25, 0.3) is 10.1 Å². The number of hydrogen-bond donors (Lipinski definition) is 0. The molecule has 114 valence electrons. The minimum atomic E-state index is -3.63. The third-order valence-electron chi connectivity index (χ3n) is 5.87. The van der Waals surface area contributed by atoms with Crippen molar-refractivity contribution >= 4 is 10.1 Å². The number of hydrogen-bond acceptors (Lipinski definition) is 3. The van der Waals surface area contributed by atoms with E-state index in [1.807, 2.05) is 19.1 Å². The van der Waals surface area contributed by atoms with Crippen LogP contribution in [-0.4, -0.2) is 14.5 Å². The quantitative estimate of drug-likeness (QED) is 0.802. The summed E-state index contributed by atoms with van der Waals surface area (Å²) in [5.41, 5.74) is 1.06. The van der Waals surface area contributed by atoms with Crippen molar-refractivity contribution in [1.29, 1.82) is 0 Å². The minimum Gasteiger partial charge on any atom is -0.262 e. The Balaban J connectivity index is 1.59. The van der Waals surface area contributed by atoms with E-state index >= 15 is 0 Å². The predicted octanol–water partition coefficient (Wildman–Crippen LogP) is 3.53. The van der Waals surface area contributed by atoms with Crippen LogP contribution in [0, 0.1) is 30.6 Å². The first-order chi connectivity index (χ1) is 10.0. The summed E-state index contributed by atoms with van der Waals surface area (Å²) in [5.74, 6) is 2.59. The van der Waals surface area contributed by atoms with E-state index in [0.29, 0.717) is 16.7 Å². The van der Waals surface area contributed by atoms with Gasteiger partial charge in [-0.25, -0.2) is 0 Å². The molecule has 0 heterocycles. The van der Waals surface area contributed by atoms with Gasteiger partial charge in [-0.3, -0.25) is 4.18 Å². The van der Waals surface area contributed by atoms with Crippen LogP contribution in [0.2, 0.25) is 0 Å². The summed E-state index contributed by atoms with van der Waals surface area (Å²) in [6, 6.07) is 6.97. The fraction of sp³-hybridized carbons (Fsp3) is 0.647.